The first-order chi connectivity index (χ1) is 16.4. The molecule has 3 aromatic heterocycles. The van der Waals surface area contributed by atoms with Crippen LogP contribution in [-0.4, -0.2) is 32.6 Å². The molecule has 1 saturated carbocycles. The number of halogens is 2. The molecule has 1 amide bonds. The Labute approximate surface area is 204 Å². The molecule has 1 fully saturated rings. The lowest BCUT2D eigenvalue weighted by Gasteiger charge is -2.14. The molecule has 34 heavy (non-hydrogen) atoms. The number of carbonyl (C=O) groups is 1. The van der Waals surface area contributed by atoms with Crippen molar-refractivity contribution in [1.82, 2.24) is 24.9 Å². The number of benzene rings is 1. The molecule has 1 aliphatic carbocycles. The van der Waals surface area contributed by atoms with Crippen LogP contribution in [0.15, 0.2) is 47.5 Å². The van der Waals surface area contributed by atoms with E-state index in [1.807, 2.05) is 13.0 Å². The summed E-state index contributed by atoms with van der Waals surface area (Å²) in [5, 5.41) is 8.30. The van der Waals surface area contributed by atoms with Gasteiger partial charge in [-0.05, 0) is 43.4 Å². The standard InChI is InChI=1S/C24H21Cl2N5O3/c1-12(15-6-8-19(34-2)27-10-15)28-23(32)21-20(13-3-4-13)22-24(33)29-18(11-31(22)30-21)14-5-7-16(25)17(26)9-14/h5-13H,3-4H2,1-2H3,(H,28,32)(H,29,33)/t12-/m1/s1. The highest BCUT2D eigenvalue weighted by Crippen LogP contribution is 2.43. The van der Waals surface area contributed by atoms with Gasteiger partial charge in [0.2, 0.25) is 5.88 Å². The van der Waals surface area contributed by atoms with Crippen LogP contribution in [0.3, 0.4) is 0 Å². The van der Waals surface area contributed by atoms with Crippen molar-refractivity contribution in [1.29, 1.82) is 0 Å². The van der Waals surface area contributed by atoms with Crippen LogP contribution in [0.25, 0.3) is 16.8 Å². The van der Waals surface area contributed by atoms with Crippen LogP contribution < -0.4 is 15.6 Å². The van der Waals surface area contributed by atoms with Gasteiger partial charge in [0.15, 0.2) is 5.69 Å². The number of carbonyl (C=O) groups excluding carboxylic acids is 1. The summed E-state index contributed by atoms with van der Waals surface area (Å²) in [6, 6.07) is 8.36. The van der Waals surface area contributed by atoms with Crippen LogP contribution in [0.2, 0.25) is 10.0 Å². The summed E-state index contributed by atoms with van der Waals surface area (Å²) in [6.07, 6.45) is 5.17. The lowest BCUT2D eigenvalue weighted by atomic mass is 10.1. The van der Waals surface area contributed by atoms with Crippen molar-refractivity contribution >= 4 is 34.6 Å². The highest BCUT2D eigenvalue weighted by atomic mass is 35.5. The molecule has 4 aromatic rings. The monoisotopic (exact) mass is 497 g/mol. The van der Waals surface area contributed by atoms with Gasteiger partial charge in [-0.25, -0.2) is 9.50 Å². The fourth-order valence-corrected chi connectivity index (χ4v) is 4.25. The minimum absolute atomic E-state index is 0.133. The zero-order chi connectivity index (χ0) is 24.0. The second kappa shape index (κ2) is 8.77. The summed E-state index contributed by atoms with van der Waals surface area (Å²) in [5.41, 5.74) is 3.03. The predicted molar refractivity (Wildman–Crippen MR) is 130 cm³/mol. The SMILES string of the molecule is COc1ccc([C@@H](C)NC(=O)c2nn3cc(-c4ccc(Cl)c(Cl)c4)[nH]c(=O)c3c2C2CC2)cn1. The lowest BCUT2D eigenvalue weighted by Crippen LogP contribution is -2.28. The van der Waals surface area contributed by atoms with Crippen LogP contribution in [0.5, 0.6) is 5.88 Å². The molecule has 0 unspecified atom stereocenters. The Balaban J connectivity index is 1.52. The molecule has 1 aliphatic rings. The summed E-state index contributed by atoms with van der Waals surface area (Å²) in [6.45, 7) is 1.86. The maximum absolute atomic E-state index is 13.2. The van der Waals surface area contributed by atoms with Crippen LogP contribution in [-0.2, 0) is 0 Å². The van der Waals surface area contributed by atoms with Crippen molar-refractivity contribution < 1.29 is 9.53 Å². The zero-order valence-corrected chi connectivity index (χ0v) is 19.9. The first kappa shape index (κ1) is 22.4. The lowest BCUT2D eigenvalue weighted by molar-refractivity contribution is 0.0933. The fourth-order valence-electron chi connectivity index (χ4n) is 3.96. The molecule has 5 rings (SSSR count). The van der Waals surface area contributed by atoms with Crippen molar-refractivity contribution in [2.45, 2.75) is 31.7 Å². The van der Waals surface area contributed by atoms with E-state index in [2.05, 4.69) is 20.4 Å². The molecule has 10 heteroatoms. The quantitative estimate of drug-likeness (QED) is 0.399. The number of methoxy groups -OCH3 is 1. The Morgan fingerprint density at radius 3 is 2.68 bits per heavy atom. The number of aromatic nitrogens is 4. The normalized spacial score (nSPS) is 14.2. The average molecular weight is 498 g/mol. The van der Waals surface area contributed by atoms with Gasteiger partial charge < -0.3 is 15.0 Å². The van der Waals surface area contributed by atoms with Crippen molar-refractivity contribution in [3.05, 3.63) is 79.9 Å². The number of rotatable bonds is 6. The van der Waals surface area contributed by atoms with Crippen molar-refractivity contribution in [2.24, 2.45) is 0 Å². The van der Waals surface area contributed by atoms with Crippen LogP contribution in [0.4, 0.5) is 0 Å². The number of hydrogen-bond donors (Lipinski definition) is 2. The number of H-pyrrole nitrogens is 1. The number of pyridine rings is 1. The maximum Gasteiger partial charge on any atom is 0.274 e. The zero-order valence-electron chi connectivity index (χ0n) is 18.4. The van der Waals surface area contributed by atoms with Crippen LogP contribution in [0, 0.1) is 0 Å². The highest BCUT2D eigenvalue weighted by molar-refractivity contribution is 6.42. The third-order valence-electron chi connectivity index (χ3n) is 5.91. The molecular formula is C24H21Cl2N5O3. The minimum Gasteiger partial charge on any atom is -0.481 e. The van der Waals surface area contributed by atoms with E-state index < -0.39 is 0 Å². The van der Waals surface area contributed by atoms with Crippen molar-refractivity contribution in [3.63, 3.8) is 0 Å². The second-order valence-corrected chi connectivity index (χ2v) is 9.10. The van der Waals surface area contributed by atoms with Gasteiger partial charge in [-0.3, -0.25) is 9.59 Å². The van der Waals surface area contributed by atoms with Gasteiger partial charge in [0, 0.05) is 23.4 Å². The van der Waals surface area contributed by atoms with E-state index in [4.69, 9.17) is 27.9 Å². The molecule has 0 bridgehead atoms. The van der Waals surface area contributed by atoms with E-state index in [-0.39, 0.29) is 29.1 Å². The Morgan fingerprint density at radius 2 is 2.03 bits per heavy atom. The largest absolute Gasteiger partial charge is 0.481 e. The second-order valence-electron chi connectivity index (χ2n) is 8.28. The van der Waals surface area contributed by atoms with Gasteiger partial charge in [0.1, 0.15) is 5.52 Å². The van der Waals surface area contributed by atoms with Gasteiger partial charge in [-0.15, -0.1) is 0 Å². The van der Waals surface area contributed by atoms with E-state index in [0.29, 0.717) is 38.3 Å². The number of nitrogens with zero attached hydrogens (tertiary/aromatic N) is 3. The molecular weight excluding hydrogens is 477 g/mol. The number of fused-ring (bicyclic) bond motifs is 1. The van der Waals surface area contributed by atoms with Crippen LogP contribution >= 0.6 is 23.2 Å². The summed E-state index contributed by atoms with van der Waals surface area (Å²) in [4.78, 5) is 33.4. The third kappa shape index (κ3) is 4.15. The number of amides is 1. The van der Waals surface area contributed by atoms with Gasteiger partial charge in [0.05, 0.1) is 35.1 Å². The number of nitrogens with one attached hydrogen (secondary N) is 2. The smallest absolute Gasteiger partial charge is 0.274 e. The van der Waals surface area contributed by atoms with Gasteiger partial charge in [0.25, 0.3) is 11.5 Å². The van der Waals surface area contributed by atoms with Gasteiger partial charge >= 0.3 is 0 Å². The molecule has 0 saturated heterocycles. The minimum atomic E-state index is -0.343. The predicted octanol–water partition coefficient (Wildman–Crippen LogP) is 4.77. The first-order valence-corrected chi connectivity index (χ1v) is 11.5. The average Bonchev–Trinajstić information content (AvgIpc) is 3.60. The molecule has 0 spiro atoms. The first-order valence-electron chi connectivity index (χ1n) is 10.8. The van der Waals surface area contributed by atoms with E-state index in [9.17, 15) is 9.59 Å². The van der Waals surface area contributed by atoms with E-state index in [1.54, 1.807) is 43.8 Å². The summed E-state index contributed by atoms with van der Waals surface area (Å²) in [5.74, 6) is 0.285. The van der Waals surface area contributed by atoms with E-state index in [1.165, 1.54) is 4.52 Å². The maximum atomic E-state index is 13.2. The fraction of sp³-hybridized carbons (Fsp3) is 0.250. The molecule has 2 N–H and O–H groups in total. The summed E-state index contributed by atoms with van der Waals surface area (Å²) in [7, 11) is 1.55. The van der Waals surface area contributed by atoms with E-state index in [0.717, 1.165) is 18.4 Å². The number of ether oxygens (including phenoxy) is 1. The topological polar surface area (TPSA) is 101 Å². The summed E-state index contributed by atoms with van der Waals surface area (Å²) >= 11 is 12.2. The molecule has 1 aromatic carbocycles. The number of aromatic amines is 1. The van der Waals surface area contributed by atoms with Crippen molar-refractivity contribution in [2.75, 3.05) is 7.11 Å². The molecule has 3 heterocycles. The third-order valence-corrected chi connectivity index (χ3v) is 6.65. The Bertz CT molecular complexity index is 1460. The number of hydrogen-bond acceptors (Lipinski definition) is 5. The molecule has 0 radical (unpaired) electrons. The van der Waals surface area contributed by atoms with Gasteiger partial charge in [-0.2, -0.15) is 5.10 Å². The molecule has 174 valence electrons. The molecule has 8 nitrogen and oxygen atoms in total. The summed E-state index contributed by atoms with van der Waals surface area (Å²) < 4.78 is 6.57. The molecule has 0 aliphatic heterocycles. The van der Waals surface area contributed by atoms with Crippen molar-refractivity contribution in [3.8, 4) is 17.1 Å². The highest BCUT2D eigenvalue weighted by Gasteiger charge is 2.34. The Hall–Kier alpha value is -3.36. The van der Waals surface area contributed by atoms with E-state index >= 15 is 0 Å². The Morgan fingerprint density at radius 1 is 1.24 bits per heavy atom. The Kier molecular flexibility index (Phi) is 5.79. The van der Waals surface area contributed by atoms with Gasteiger partial charge in [-0.1, -0.05) is 35.3 Å². The molecule has 1 atom stereocenters. The van der Waals surface area contributed by atoms with Crippen LogP contribution in [0.1, 0.15) is 53.3 Å².